The summed E-state index contributed by atoms with van der Waals surface area (Å²) in [6.07, 6.45) is 0.996. The fourth-order valence-electron chi connectivity index (χ4n) is 0.873. The van der Waals surface area contributed by atoms with Gasteiger partial charge in [0.25, 0.3) is 0 Å². The molecule has 0 saturated heterocycles. The lowest BCUT2D eigenvalue weighted by molar-refractivity contribution is -0.0327. The van der Waals surface area contributed by atoms with E-state index in [-0.39, 0.29) is 29.8 Å². The van der Waals surface area contributed by atoms with Crippen LogP contribution in [0, 0.1) is 0 Å². The fourth-order valence-corrected chi connectivity index (χ4v) is 2.58. The molecule has 0 radical (unpaired) electrons. The standard InChI is InChI=1S/C7H15F3N2O2S2/c8-7(9,10)15-5-4-12-16(13,14)6-2-1-3-11/h12H,1-6,11H2. The molecule has 3 N–H and O–H groups in total. The van der Waals surface area contributed by atoms with Crippen LogP contribution in [0.25, 0.3) is 0 Å². The second-order valence-electron chi connectivity index (χ2n) is 3.00. The highest BCUT2D eigenvalue weighted by Gasteiger charge is 2.27. The first kappa shape index (κ1) is 16.0. The Bertz CT molecular complexity index is 280. The molecule has 9 heteroatoms. The molecule has 0 bridgehead atoms. The summed E-state index contributed by atoms with van der Waals surface area (Å²) in [4.78, 5) is 0. The second kappa shape index (κ2) is 7.36. The molecule has 0 aliphatic carbocycles. The molecule has 0 unspecified atom stereocenters. The van der Waals surface area contributed by atoms with Gasteiger partial charge in [0.2, 0.25) is 10.0 Å². The third-order valence-electron chi connectivity index (χ3n) is 1.56. The summed E-state index contributed by atoms with van der Waals surface area (Å²) in [5.41, 5.74) is 0.869. The van der Waals surface area contributed by atoms with Gasteiger partial charge in [0.15, 0.2) is 0 Å². The Kier molecular flexibility index (Phi) is 7.36. The molecule has 0 aromatic carbocycles. The molecule has 98 valence electrons. The summed E-state index contributed by atoms with van der Waals surface area (Å²) in [7, 11) is -3.46. The second-order valence-corrected chi connectivity index (χ2v) is 6.09. The van der Waals surface area contributed by atoms with Crippen molar-refractivity contribution < 1.29 is 21.6 Å². The van der Waals surface area contributed by atoms with Crippen molar-refractivity contribution >= 4 is 21.8 Å². The Labute approximate surface area is 97.2 Å². The number of nitrogens with one attached hydrogen (secondary N) is 1. The first-order chi connectivity index (χ1) is 7.27. The average molecular weight is 280 g/mol. The molecular weight excluding hydrogens is 265 g/mol. The predicted octanol–water partition coefficient (Wildman–Crippen LogP) is 0.898. The smallest absolute Gasteiger partial charge is 0.330 e. The van der Waals surface area contributed by atoms with Crippen LogP contribution in [-0.2, 0) is 10.0 Å². The molecule has 0 heterocycles. The molecule has 0 aromatic heterocycles. The first-order valence-corrected chi connectivity index (χ1v) is 7.29. The number of nitrogens with two attached hydrogens (primary N) is 1. The van der Waals surface area contributed by atoms with Crippen molar-refractivity contribution in [3.05, 3.63) is 0 Å². The summed E-state index contributed by atoms with van der Waals surface area (Å²) in [6, 6.07) is 0. The van der Waals surface area contributed by atoms with E-state index in [0.29, 0.717) is 19.4 Å². The first-order valence-electron chi connectivity index (χ1n) is 4.65. The summed E-state index contributed by atoms with van der Waals surface area (Å²) < 4.78 is 59.6. The van der Waals surface area contributed by atoms with Gasteiger partial charge in [-0.05, 0) is 31.1 Å². The van der Waals surface area contributed by atoms with E-state index in [1.165, 1.54) is 0 Å². The van der Waals surface area contributed by atoms with Crippen LogP contribution in [-0.4, -0.2) is 38.5 Å². The van der Waals surface area contributed by atoms with Crippen LogP contribution < -0.4 is 10.5 Å². The van der Waals surface area contributed by atoms with E-state index in [9.17, 15) is 21.6 Å². The van der Waals surface area contributed by atoms with Gasteiger partial charge in [0, 0.05) is 12.3 Å². The van der Waals surface area contributed by atoms with Crippen LogP contribution in [0.1, 0.15) is 12.8 Å². The van der Waals surface area contributed by atoms with Crippen molar-refractivity contribution in [1.82, 2.24) is 4.72 Å². The Morgan fingerprint density at radius 1 is 1.25 bits per heavy atom. The van der Waals surface area contributed by atoms with E-state index in [2.05, 4.69) is 4.72 Å². The highest BCUT2D eigenvalue weighted by atomic mass is 32.2. The minimum absolute atomic E-state index is 0.0963. The lowest BCUT2D eigenvalue weighted by Gasteiger charge is -2.07. The highest BCUT2D eigenvalue weighted by molar-refractivity contribution is 8.00. The summed E-state index contributed by atoms with van der Waals surface area (Å²) >= 11 is -0.244. The van der Waals surface area contributed by atoms with Crippen molar-refractivity contribution in [2.24, 2.45) is 5.73 Å². The van der Waals surface area contributed by atoms with Crippen LogP contribution in [0.4, 0.5) is 13.2 Å². The van der Waals surface area contributed by atoms with E-state index >= 15 is 0 Å². The van der Waals surface area contributed by atoms with Crippen molar-refractivity contribution in [3.8, 4) is 0 Å². The number of halogens is 3. The SMILES string of the molecule is NCCCCS(=O)(=O)NCCSC(F)(F)F. The molecule has 4 nitrogen and oxygen atoms in total. The van der Waals surface area contributed by atoms with Crippen molar-refractivity contribution in [2.45, 2.75) is 18.3 Å². The van der Waals surface area contributed by atoms with Gasteiger partial charge >= 0.3 is 5.51 Å². The number of unbranched alkanes of at least 4 members (excludes halogenated alkanes) is 1. The van der Waals surface area contributed by atoms with Crippen molar-refractivity contribution in [3.63, 3.8) is 0 Å². The van der Waals surface area contributed by atoms with E-state index in [1.54, 1.807) is 0 Å². The Balaban J connectivity index is 3.67. The molecule has 0 atom stereocenters. The van der Waals surface area contributed by atoms with Gasteiger partial charge in [-0.15, -0.1) is 0 Å². The summed E-state index contributed by atoms with van der Waals surface area (Å²) in [5.74, 6) is -0.416. The lowest BCUT2D eigenvalue weighted by atomic mass is 10.3. The van der Waals surface area contributed by atoms with E-state index in [1.807, 2.05) is 0 Å². The minimum Gasteiger partial charge on any atom is -0.330 e. The fraction of sp³-hybridized carbons (Fsp3) is 1.00. The Morgan fingerprint density at radius 2 is 1.88 bits per heavy atom. The molecule has 0 fully saturated rings. The Hall–Kier alpha value is 0.01000. The van der Waals surface area contributed by atoms with E-state index < -0.39 is 15.5 Å². The maximum atomic E-state index is 11.7. The highest BCUT2D eigenvalue weighted by Crippen LogP contribution is 2.29. The summed E-state index contributed by atoms with van der Waals surface area (Å²) in [6.45, 7) is 0.189. The molecule has 0 aromatic rings. The summed E-state index contributed by atoms with van der Waals surface area (Å²) in [5, 5.41) is 0. The van der Waals surface area contributed by atoms with Gasteiger partial charge in [-0.3, -0.25) is 0 Å². The zero-order valence-electron chi connectivity index (χ0n) is 8.59. The van der Waals surface area contributed by atoms with Crippen LogP contribution in [0.3, 0.4) is 0 Å². The molecule has 0 saturated carbocycles. The van der Waals surface area contributed by atoms with Gasteiger partial charge in [0.05, 0.1) is 5.75 Å². The topological polar surface area (TPSA) is 72.2 Å². The third kappa shape index (κ3) is 10.5. The molecule has 0 aliphatic heterocycles. The molecular formula is C7H15F3N2O2S2. The maximum Gasteiger partial charge on any atom is 0.441 e. The van der Waals surface area contributed by atoms with Crippen LogP contribution in [0.15, 0.2) is 0 Å². The van der Waals surface area contributed by atoms with Gasteiger partial charge in [-0.2, -0.15) is 13.2 Å². The largest absolute Gasteiger partial charge is 0.441 e. The number of rotatable bonds is 8. The molecule has 0 rings (SSSR count). The zero-order chi connectivity index (χ0) is 12.7. The maximum absolute atomic E-state index is 11.7. The van der Waals surface area contributed by atoms with Crippen LogP contribution in [0.2, 0.25) is 0 Å². The van der Waals surface area contributed by atoms with E-state index in [4.69, 9.17) is 5.73 Å². The predicted molar refractivity (Wildman–Crippen MR) is 58.6 cm³/mol. The molecule has 0 spiro atoms. The lowest BCUT2D eigenvalue weighted by Crippen LogP contribution is -2.29. The van der Waals surface area contributed by atoms with E-state index in [0.717, 1.165) is 0 Å². The monoisotopic (exact) mass is 280 g/mol. The third-order valence-corrected chi connectivity index (χ3v) is 3.76. The zero-order valence-corrected chi connectivity index (χ0v) is 10.2. The van der Waals surface area contributed by atoms with Crippen LogP contribution in [0.5, 0.6) is 0 Å². The van der Waals surface area contributed by atoms with Gasteiger partial charge < -0.3 is 5.73 Å². The van der Waals surface area contributed by atoms with Crippen molar-refractivity contribution in [2.75, 3.05) is 24.6 Å². The number of sulfonamides is 1. The quantitative estimate of drug-likeness (QED) is 0.648. The number of alkyl halides is 3. The average Bonchev–Trinajstić information content (AvgIpc) is 2.11. The minimum atomic E-state index is -4.31. The van der Waals surface area contributed by atoms with Crippen LogP contribution >= 0.6 is 11.8 Å². The molecule has 0 aliphatic rings. The normalized spacial score (nSPS) is 13.0. The Morgan fingerprint density at radius 3 is 2.38 bits per heavy atom. The van der Waals surface area contributed by atoms with Crippen molar-refractivity contribution in [1.29, 1.82) is 0 Å². The molecule has 16 heavy (non-hydrogen) atoms. The van der Waals surface area contributed by atoms with Gasteiger partial charge in [-0.25, -0.2) is 13.1 Å². The number of hydrogen-bond donors (Lipinski definition) is 2. The number of thioether (sulfide) groups is 1. The van der Waals surface area contributed by atoms with Gasteiger partial charge in [-0.1, -0.05) is 0 Å². The number of hydrogen-bond acceptors (Lipinski definition) is 4. The van der Waals surface area contributed by atoms with Gasteiger partial charge in [0.1, 0.15) is 0 Å². The molecule has 0 amide bonds.